The monoisotopic (exact) mass is 296 g/mol. The highest BCUT2D eigenvalue weighted by atomic mass is 16.6. The molecule has 2 aromatic rings. The minimum atomic E-state index is -0.427. The molecule has 0 radical (unpaired) electrons. The van der Waals surface area contributed by atoms with Gasteiger partial charge in [-0.2, -0.15) is 0 Å². The molecule has 114 valence electrons. The Morgan fingerprint density at radius 1 is 0.955 bits per heavy atom. The van der Waals surface area contributed by atoms with Crippen LogP contribution in [0.5, 0.6) is 0 Å². The van der Waals surface area contributed by atoms with Crippen molar-refractivity contribution in [1.82, 2.24) is 0 Å². The highest BCUT2D eigenvalue weighted by molar-refractivity contribution is 5.75. The smallest absolute Gasteiger partial charge is 0.336 e. The van der Waals surface area contributed by atoms with Gasteiger partial charge in [-0.3, -0.25) is 0 Å². The minimum absolute atomic E-state index is 0.266. The zero-order chi connectivity index (χ0) is 15.2. The molecule has 0 saturated carbocycles. The second kappa shape index (κ2) is 7.23. The quantitative estimate of drug-likeness (QED) is 0.803. The van der Waals surface area contributed by atoms with Crippen molar-refractivity contribution in [3.63, 3.8) is 0 Å². The van der Waals surface area contributed by atoms with Gasteiger partial charge in [-0.15, -0.1) is 0 Å². The Bertz CT molecular complexity index is 549. The Morgan fingerprint density at radius 3 is 2.05 bits per heavy atom. The number of benzene rings is 2. The molecule has 3 nitrogen and oxygen atoms in total. The molecule has 1 saturated heterocycles. The van der Waals surface area contributed by atoms with Gasteiger partial charge < -0.3 is 9.47 Å². The molecule has 1 fully saturated rings. The zero-order valence-electron chi connectivity index (χ0n) is 12.5. The van der Waals surface area contributed by atoms with E-state index in [1.807, 2.05) is 60.7 Å². The fourth-order valence-corrected chi connectivity index (χ4v) is 2.70. The van der Waals surface area contributed by atoms with E-state index in [9.17, 15) is 4.79 Å². The van der Waals surface area contributed by atoms with Crippen LogP contribution in [0, 0.1) is 0 Å². The molecule has 0 aliphatic carbocycles. The molecule has 1 unspecified atom stereocenters. The van der Waals surface area contributed by atoms with E-state index in [4.69, 9.17) is 9.47 Å². The van der Waals surface area contributed by atoms with Crippen LogP contribution in [0.2, 0.25) is 0 Å². The van der Waals surface area contributed by atoms with Gasteiger partial charge in [-0.05, 0) is 30.4 Å². The third kappa shape index (κ3) is 3.55. The second-order valence-electron chi connectivity index (χ2n) is 5.49. The summed E-state index contributed by atoms with van der Waals surface area (Å²) < 4.78 is 11.3. The summed E-state index contributed by atoms with van der Waals surface area (Å²) in [6.45, 7) is 0.640. The molecule has 1 aliphatic heterocycles. The van der Waals surface area contributed by atoms with Crippen LogP contribution in [0.15, 0.2) is 60.7 Å². The van der Waals surface area contributed by atoms with E-state index in [1.165, 1.54) is 0 Å². The molecule has 0 aromatic heterocycles. The molecule has 1 heterocycles. The van der Waals surface area contributed by atoms with Crippen LogP contribution in [-0.4, -0.2) is 18.7 Å². The summed E-state index contributed by atoms with van der Waals surface area (Å²) in [5, 5.41) is 0. The number of rotatable bonds is 4. The van der Waals surface area contributed by atoms with Gasteiger partial charge in [0.15, 0.2) is 12.2 Å². The van der Waals surface area contributed by atoms with Crippen LogP contribution in [0.4, 0.5) is 0 Å². The van der Waals surface area contributed by atoms with Gasteiger partial charge in [-0.1, -0.05) is 60.7 Å². The normalized spacial score (nSPS) is 18.1. The Labute approximate surface area is 130 Å². The number of hydrogen-bond acceptors (Lipinski definition) is 3. The predicted molar refractivity (Wildman–Crippen MR) is 84.4 cm³/mol. The van der Waals surface area contributed by atoms with E-state index >= 15 is 0 Å². The molecular formula is C19H20O3. The average molecular weight is 296 g/mol. The van der Waals surface area contributed by atoms with E-state index in [2.05, 4.69) is 0 Å². The van der Waals surface area contributed by atoms with Gasteiger partial charge in [0.1, 0.15) is 0 Å². The zero-order valence-corrected chi connectivity index (χ0v) is 12.5. The maximum Gasteiger partial charge on any atom is 0.336 e. The van der Waals surface area contributed by atoms with Crippen LogP contribution >= 0.6 is 0 Å². The topological polar surface area (TPSA) is 35.5 Å². The van der Waals surface area contributed by atoms with Crippen molar-refractivity contribution in [1.29, 1.82) is 0 Å². The first-order valence-corrected chi connectivity index (χ1v) is 7.76. The lowest BCUT2D eigenvalue weighted by Gasteiger charge is -2.25. The number of ether oxygens (including phenoxy) is 2. The van der Waals surface area contributed by atoms with Gasteiger partial charge in [0.05, 0.1) is 0 Å². The third-order valence-electron chi connectivity index (χ3n) is 3.88. The van der Waals surface area contributed by atoms with Gasteiger partial charge in [0, 0.05) is 6.61 Å². The molecular weight excluding hydrogens is 276 g/mol. The summed E-state index contributed by atoms with van der Waals surface area (Å²) in [4.78, 5) is 12.4. The lowest BCUT2D eigenvalue weighted by atomic mass is 10.0. The first-order valence-electron chi connectivity index (χ1n) is 7.76. The molecule has 0 spiro atoms. The highest BCUT2D eigenvalue weighted by Crippen LogP contribution is 2.27. The summed E-state index contributed by atoms with van der Waals surface area (Å²) in [5.41, 5.74) is 1.94. The summed E-state index contributed by atoms with van der Waals surface area (Å²) in [6.07, 6.45) is 1.96. The molecule has 3 heteroatoms. The largest absolute Gasteiger partial charge is 0.451 e. The van der Waals surface area contributed by atoms with Crippen molar-refractivity contribution in [2.45, 2.75) is 31.5 Å². The summed E-state index contributed by atoms with van der Waals surface area (Å²) in [5.74, 6) is -0.266. The van der Waals surface area contributed by atoms with Crippen LogP contribution in [-0.2, 0) is 14.3 Å². The Balaban J connectivity index is 1.81. The van der Waals surface area contributed by atoms with Crippen LogP contribution in [0.25, 0.3) is 0 Å². The number of esters is 1. The summed E-state index contributed by atoms with van der Waals surface area (Å²) in [6, 6.07) is 19.6. The molecule has 0 N–H and O–H groups in total. The Kier molecular flexibility index (Phi) is 4.86. The van der Waals surface area contributed by atoms with Gasteiger partial charge in [-0.25, -0.2) is 4.79 Å². The number of carbonyl (C=O) groups excluding carboxylic acids is 1. The van der Waals surface area contributed by atoms with Crippen LogP contribution < -0.4 is 0 Å². The summed E-state index contributed by atoms with van der Waals surface area (Å²) >= 11 is 0. The van der Waals surface area contributed by atoms with Gasteiger partial charge >= 0.3 is 5.97 Å². The fraction of sp³-hybridized carbons (Fsp3) is 0.316. The molecule has 3 rings (SSSR count). The Morgan fingerprint density at radius 2 is 1.55 bits per heavy atom. The molecule has 0 bridgehead atoms. The molecule has 2 aromatic carbocycles. The third-order valence-corrected chi connectivity index (χ3v) is 3.88. The van der Waals surface area contributed by atoms with Crippen molar-refractivity contribution in [2.24, 2.45) is 0 Å². The maximum absolute atomic E-state index is 12.4. The van der Waals surface area contributed by atoms with Crippen molar-refractivity contribution in [3.8, 4) is 0 Å². The van der Waals surface area contributed by atoms with E-state index in [0.29, 0.717) is 6.61 Å². The SMILES string of the molecule is O=C(OC(c1ccccc1)c1ccccc1)C1CCCCO1. The van der Waals surface area contributed by atoms with E-state index < -0.39 is 6.10 Å². The fourth-order valence-electron chi connectivity index (χ4n) is 2.70. The minimum Gasteiger partial charge on any atom is -0.451 e. The number of hydrogen-bond donors (Lipinski definition) is 0. The second-order valence-corrected chi connectivity index (χ2v) is 5.49. The Hall–Kier alpha value is -2.13. The molecule has 22 heavy (non-hydrogen) atoms. The lowest BCUT2D eigenvalue weighted by Crippen LogP contribution is -2.31. The standard InChI is InChI=1S/C19H20O3/c20-19(17-13-7-8-14-21-17)22-18(15-9-3-1-4-10-15)16-11-5-2-6-12-16/h1-6,9-12,17-18H,7-8,13-14H2. The van der Waals surface area contributed by atoms with Crippen molar-refractivity contribution in [3.05, 3.63) is 71.8 Å². The maximum atomic E-state index is 12.4. The van der Waals surface area contributed by atoms with Gasteiger partial charge in [0.2, 0.25) is 0 Å². The first kappa shape index (κ1) is 14.8. The first-order chi connectivity index (χ1) is 10.8. The van der Waals surface area contributed by atoms with E-state index in [0.717, 1.165) is 30.4 Å². The predicted octanol–water partition coefficient (Wildman–Crippen LogP) is 3.89. The molecule has 0 amide bonds. The summed E-state index contributed by atoms with van der Waals surface area (Å²) in [7, 11) is 0. The average Bonchev–Trinajstić information content (AvgIpc) is 2.62. The molecule has 1 atom stereocenters. The van der Waals surface area contributed by atoms with Crippen molar-refractivity contribution in [2.75, 3.05) is 6.61 Å². The van der Waals surface area contributed by atoms with E-state index in [-0.39, 0.29) is 12.1 Å². The van der Waals surface area contributed by atoms with Crippen LogP contribution in [0.3, 0.4) is 0 Å². The van der Waals surface area contributed by atoms with Crippen molar-refractivity contribution < 1.29 is 14.3 Å². The highest BCUT2D eigenvalue weighted by Gasteiger charge is 2.27. The number of carbonyl (C=O) groups is 1. The van der Waals surface area contributed by atoms with Gasteiger partial charge in [0.25, 0.3) is 0 Å². The van der Waals surface area contributed by atoms with Crippen LogP contribution in [0.1, 0.15) is 36.5 Å². The van der Waals surface area contributed by atoms with Crippen molar-refractivity contribution >= 4 is 5.97 Å². The van der Waals surface area contributed by atoms with E-state index in [1.54, 1.807) is 0 Å². The molecule has 1 aliphatic rings. The lowest BCUT2D eigenvalue weighted by molar-refractivity contribution is -0.164.